The number of anilines is 1. The first-order chi connectivity index (χ1) is 11.6. The van der Waals surface area contributed by atoms with E-state index in [0.717, 1.165) is 6.29 Å². The summed E-state index contributed by atoms with van der Waals surface area (Å²) in [7, 11) is 3.77. The van der Waals surface area contributed by atoms with Gasteiger partial charge >= 0.3 is 0 Å². The van der Waals surface area contributed by atoms with Crippen molar-refractivity contribution in [2.24, 2.45) is 0 Å². The molecule has 0 fully saturated rings. The molecule has 1 heterocycles. The molecule has 24 heavy (non-hydrogen) atoms. The minimum Gasteiger partial charge on any atom is -0.467 e. The highest BCUT2D eigenvalue weighted by Gasteiger charge is 2.17. The highest BCUT2D eigenvalue weighted by molar-refractivity contribution is 7.98. The van der Waals surface area contributed by atoms with Crippen LogP contribution in [-0.4, -0.2) is 55.2 Å². The van der Waals surface area contributed by atoms with Crippen LogP contribution in [0.2, 0.25) is 0 Å². The van der Waals surface area contributed by atoms with E-state index in [1.165, 1.54) is 11.8 Å². The van der Waals surface area contributed by atoms with Crippen molar-refractivity contribution in [1.82, 2.24) is 15.2 Å². The molecule has 0 saturated heterocycles. The second kappa shape index (κ2) is 8.60. The number of benzene rings is 1. The third-order valence-electron chi connectivity index (χ3n) is 3.15. The molecule has 0 radical (unpaired) electrons. The summed E-state index contributed by atoms with van der Waals surface area (Å²) in [6.07, 6.45) is 2.66. The fourth-order valence-electron chi connectivity index (χ4n) is 1.99. The number of aromatic nitrogens is 3. The second-order valence-corrected chi connectivity index (χ2v) is 5.77. The Labute approximate surface area is 145 Å². The first kappa shape index (κ1) is 18.2. The standard InChI is InChI=1S/C16H20N4O3S/c1-5-22-10-23-13-8-11(9-21)6-7-12(13)14-15(20(2)3)17-16(24-4)19-18-14/h6-9H,5,10H2,1-4H3. The topological polar surface area (TPSA) is 77.4 Å². The summed E-state index contributed by atoms with van der Waals surface area (Å²) in [5, 5.41) is 9.00. The van der Waals surface area contributed by atoms with Crippen LogP contribution >= 0.6 is 11.8 Å². The van der Waals surface area contributed by atoms with E-state index in [1.807, 2.05) is 32.2 Å². The van der Waals surface area contributed by atoms with Gasteiger partial charge in [0.15, 0.2) is 12.6 Å². The van der Waals surface area contributed by atoms with Crippen LogP contribution in [0.1, 0.15) is 17.3 Å². The summed E-state index contributed by atoms with van der Waals surface area (Å²) in [6, 6.07) is 5.15. The highest BCUT2D eigenvalue weighted by atomic mass is 32.2. The molecular formula is C16H20N4O3S. The molecule has 0 N–H and O–H groups in total. The van der Waals surface area contributed by atoms with E-state index in [-0.39, 0.29) is 6.79 Å². The Balaban J connectivity index is 2.52. The van der Waals surface area contributed by atoms with E-state index in [4.69, 9.17) is 9.47 Å². The van der Waals surface area contributed by atoms with Gasteiger partial charge in [-0.2, -0.15) is 0 Å². The predicted molar refractivity (Wildman–Crippen MR) is 93.9 cm³/mol. The van der Waals surface area contributed by atoms with Crippen LogP contribution in [-0.2, 0) is 4.74 Å². The van der Waals surface area contributed by atoms with E-state index in [9.17, 15) is 4.79 Å². The molecule has 128 valence electrons. The van der Waals surface area contributed by atoms with Crippen molar-refractivity contribution in [2.45, 2.75) is 12.1 Å². The van der Waals surface area contributed by atoms with Crippen LogP contribution in [0.25, 0.3) is 11.3 Å². The summed E-state index contributed by atoms with van der Waals surface area (Å²) in [4.78, 5) is 17.4. The van der Waals surface area contributed by atoms with E-state index in [1.54, 1.807) is 18.2 Å². The Morgan fingerprint density at radius 2 is 2.08 bits per heavy atom. The molecule has 0 aliphatic carbocycles. The van der Waals surface area contributed by atoms with Gasteiger partial charge in [-0.15, -0.1) is 10.2 Å². The fraction of sp³-hybridized carbons (Fsp3) is 0.375. The SMILES string of the molecule is CCOCOc1cc(C=O)ccc1-c1nnc(SC)nc1N(C)C. The Morgan fingerprint density at radius 1 is 1.29 bits per heavy atom. The third-order valence-corrected chi connectivity index (χ3v) is 3.69. The number of carbonyl (C=O) groups excluding carboxylic acids is 1. The molecule has 0 aliphatic rings. The molecule has 7 nitrogen and oxygen atoms in total. The highest BCUT2D eigenvalue weighted by Crippen LogP contribution is 2.34. The lowest BCUT2D eigenvalue weighted by Gasteiger charge is -2.17. The Kier molecular flexibility index (Phi) is 6.51. The lowest BCUT2D eigenvalue weighted by atomic mass is 10.1. The van der Waals surface area contributed by atoms with Crippen molar-refractivity contribution >= 4 is 23.9 Å². The predicted octanol–water partition coefficient (Wildman–Crippen LogP) is 2.51. The largest absolute Gasteiger partial charge is 0.467 e. The van der Waals surface area contributed by atoms with Crippen LogP contribution in [0, 0.1) is 0 Å². The van der Waals surface area contributed by atoms with Gasteiger partial charge in [0, 0.05) is 31.8 Å². The van der Waals surface area contributed by atoms with Crippen molar-refractivity contribution in [2.75, 3.05) is 38.7 Å². The van der Waals surface area contributed by atoms with Gasteiger partial charge in [-0.3, -0.25) is 4.79 Å². The molecule has 0 atom stereocenters. The van der Waals surface area contributed by atoms with Crippen LogP contribution in [0.5, 0.6) is 5.75 Å². The van der Waals surface area contributed by atoms with Crippen molar-refractivity contribution in [3.05, 3.63) is 23.8 Å². The lowest BCUT2D eigenvalue weighted by molar-refractivity contribution is 0.0227. The number of carbonyl (C=O) groups is 1. The van der Waals surface area contributed by atoms with Crippen molar-refractivity contribution in [3.8, 4) is 17.0 Å². The van der Waals surface area contributed by atoms with Gasteiger partial charge in [-0.25, -0.2) is 4.98 Å². The molecule has 2 rings (SSSR count). The quantitative estimate of drug-likeness (QED) is 0.312. The molecule has 0 aliphatic heterocycles. The number of rotatable bonds is 8. The molecule has 0 saturated carbocycles. The molecule has 1 aromatic heterocycles. The summed E-state index contributed by atoms with van der Waals surface area (Å²) in [5.74, 6) is 1.18. The van der Waals surface area contributed by atoms with Crippen molar-refractivity contribution in [1.29, 1.82) is 0 Å². The maximum Gasteiger partial charge on any atom is 0.210 e. The van der Waals surface area contributed by atoms with Crippen molar-refractivity contribution in [3.63, 3.8) is 0 Å². The zero-order valence-corrected chi connectivity index (χ0v) is 15.0. The normalized spacial score (nSPS) is 10.5. The van der Waals surface area contributed by atoms with E-state index >= 15 is 0 Å². The average Bonchev–Trinajstić information content (AvgIpc) is 2.61. The third kappa shape index (κ3) is 4.21. The zero-order valence-electron chi connectivity index (χ0n) is 14.1. The average molecular weight is 348 g/mol. The van der Waals surface area contributed by atoms with E-state index in [2.05, 4.69) is 15.2 Å². The smallest absolute Gasteiger partial charge is 0.210 e. The minimum atomic E-state index is 0.0901. The maximum absolute atomic E-state index is 11.1. The van der Waals surface area contributed by atoms with Crippen molar-refractivity contribution < 1.29 is 14.3 Å². The maximum atomic E-state index is 11.1. The lowest BCUT2D eigenvalue weighted by Crippen LogP contribution is -2.15. The molecule has 0 spiro atoms. The first-order valence-corrected chi connectivity index (χ1v) is 8.59. The molecule has 0 amide bonds. The number of ether oxygens (including phenoxy) is 2. The number of hydrogen-bond acceptors (Lipinski definition) is 8. The van der Waals surface area contributed by atoms with Gasteiger partial charge in [0.2, 0.25) is 5.16 Å². The summed E-state index contributed by atoms with van der Waals surface area (Å²) in [6.45, 7) is 2.51. The summed E-state index contributed by atoms with van der Waals surface area (Å²) >= 11 is 1.42. The van der Waals surface area contributed by atoms with Crippen LogP contribution in [0.4, 0.5) is 5.82 Å². The van der Waals surface area contributed by atoms with Gasteiger partial charge in [0.25, 0.3) is 0 Å². The monoisotopic (exact) mass is 348 g/mol. The minimum absolute atomic E-state index is 0.0901. The Morgan fingerprint density at radius 3 is 2.71 bits per heavy atom. The van der Waals surface area contributed by atoms with Gasteiger partial charge in [0.1, 0.15) is 17.7 Å². The Bertz CT molecular complexity index is 710. The van der Waals surface area contributed by atoms with E-state index in [0.29, 0.717) is 40.2 Å². The summed E-state index contributed by atoms with van der Waals surface area (Å²) < 4.78 is 10.9. The zero-order chi connectivity index (χ0) is 17.5. The molecule has 8 heteroatoms. The number of nitrogens with zero attached hydrogens (tertiary/aromatic N) is 4. The van der Waals surface area contributed by atoms with Crippen LogP contribution in [0.3, 0.4) is 0 Å². The van der Waals surface area contributed by atoms with Gasteiger partial charge in [-0.05, 0) is 25.3 Å². The van der Waals surface area contributed by atoms with E-state index < -0.39 is 0 Å². The summed E-state index contributed by atoms with van der Waals surface area (Å²) in [5.41, 5.74) is 1.80. The second-order valence-electron chi connectivity index (χ2n) is 4.99. The van der Waals surface area contributed by atoms with Gasteiger partial charge < -0.3 is 14.4 Å². The molecule has 0 unspecified atom stereocenters. The fourth-order valence-corrected chi connectivity index (χ4v) is 2.29. The van der Waals surface area contributed by atoms with Crippen LogP contribution < -0.4 is 9.64 Å². The number of aldehydes is 1. The number of hydrogen-bond donors (Lipinski definition) is 0. The molecule has 2 aromatic rings. The van der Waals surface area contributed by atoms with Gasteiger partial charge in [0.05, 0.1) is 0 Å². The number of thioether (sulfide) groups is 1. The van der Waals surface area contributed by atoms with Gasteiger partial charge in [-0.1, -0.05) is 17.8 Å². The van der Waals surface area contributed by atoms with Crippen LogP contribution in [0.15, 0.2) is 23.4 Å². The molecular weight excluding hydrogens is 328 g/mol. The first-order valence-electron chi connectivity index (χ1n) is 7.36. The Hall–Kier alpha value is -2.19. The molecule has 1 aromatic carbocycles. The molecule has 0 bridgehead atoms.